The minimum atomic E-state index is -4.78. The van der Waals surface area contributed by atoms with Gasteiger partial charge in [0.05, 0.1) is 22.3 Å². The van der Waals surface area contributed by atoms with Crippen molar-refractivity contribution in [1.82, 2.24) is 9.97 Å². The van der Waals surface area contributed by atoms with Crippen LogP contribution in [0.4, 0.5) is 27.9 Å². The summed E-state index contributed by atoms with van der Waals surface area (Å²) in [5.41, 5.74) is 5.20. The Bertz CT molecular complexity index is 1560. The summed E-state index contributed by atoms with van der Waals surface area (Å²) >= 11 is 0. The fourth-order valence-electron chi connectivity index (χ4n) is 4.76. The van der Waals surface area contributed by atoms with E-state index in [1.54, 1.807) is 6.07 Å². The predicted octanol–water partition coefficient (Wildman–Crippen LogP) is 6.45. The third kappa shape index (κ3) is 4.89. The Balaban J connectivity index is 1.74. The molecule has 0 aliphatic carbocycles. The van der Waals surface area contributed by atoms with Gasteiger partial charge in [0.2, 0.25) is 5.95 Å². The fourth-order valence-corrected chi connectivity index (χ4v) is 4.76. The summed E-state index contributed by atoms with van der Waals surface area (Å²) in [5.74, 6) is -1.41. The van der Waals surface area contributed by atoms with Crippen LogP contribution in [0.2, 0.25) is 0 Å². The van der Waals surface area contributed by atoms with Crippen LogP contribution in [-0.4, -0.2) is 29.1 Å². The zero-order valence-electron chi connectivity index (χ0n) is 20.1. The Morgan fingerprint density at radius 1 is 0.921 bits per heavy atom. The average molecular weight is 524 g/mol. The lowest BCUT2D eigenvalue weighted by Crippen LogP contribution is -2.28. The van der Waals surface area contributed by atoms with E-state index in [9.17, 15) is 22.0 Å². The maximum atomic E-state index is 14.8. The number of nitrogens with two attached hydrogens (primary N) is 1. The molecule has 1 saturated heterocycles. The number of nitriles is 1. The third-order valence-electron chi connectivity index (χ3n) is 6.71. The van der Waals surface area contributed by atoms with Gasteiger partial charge < -0.3 is 10.6 Å². The van der Waals surface area contributed by atoms with Crippen molar-refractivity contribution in [1.29, 1.82) is 5.26 Å². The summed E-state index contributed by atoms with van der Waals surface area (Å²) in [5, 5.41) is 9.45. The Labute approximate surface area is 215 Å². The van der Waals surface area contributed by atoms with Crippen LogP contribution in [0, 0.1) is 23.0 Å². The first kappa shape index (κ1) is 25.5. The number of nitrogens with zero attached hydrogens (tertiary/aromatic N) is 4. The maximum absolute atomic E-state index is 14.8. The van der Waals surface area contributed by atoms with Gasteiger partial charge in [-0.3, -0.25) is 0 Å². The molecule has 2 heterocycles. The second-order valence-electron chi connectivity index (χ2n) is 9.25. The monoisotopic (exact) mass is 523 g/mol. The quantitative estimate of drug-likeness (QED) is 0.312. The summed E-state index contributed by atoms with van der Waals surface area (Å²) in [6.45, 7) is 1.26. The van der Waals surface area contributed by atoms with Crippen molar-refractivity contribution in [2.45, 2.75) is 31.5 Å². The molecule has 1 atom stereocenters. The lowest BCUT2D eigenvalue weighted by molar-refractivity contribution is -0.137. The summed E-state index contributed by atoms with van der Waals surface area (Å²) < 4.78 is 70.6. The van der Waals surface area contributed by atoms with Crippen LogP contribution in [0.1, 0.15) is 30.4 Å². The predicted molar refractivity (Wildman–Crippen MR) is 134 cm³/mol. The topological polar surface area (TPSA) is 78.8 Å². The van der Waals surface area contributed by atoms with Crippen LogP contribution >= 0.6 is 0 Å². The van der Waals surface area contributed by atoms with Crippen molar-refractivity contribution in [3.63, 3.8) is 0 Å². The first-order valence-corrected chi connectivity index (χ1v) is 12.0. The zero-order chi connectivity index (χ0) is 27.0. The molecular weight excluding hydrogens is 501 g/mol. The first-order chi connectivity index (χ1) is 18.2. The highest BCUT2D eigenvalue weighted by Crippen LogP contribution is 2.40. The van der Waals surface area contributed by atoms with Crippen molar-refractivity contribution in [3.8, 4) is 28.5 Å². The number of alkyl halides is 3. The molecule has 38 heavy (non-hydrogen) atoms. The molecule has 0 spiro atoms. The zero-order valence-corrected chi connectivity index (χ0v) is 20.1. The normalized spacial score (nSPS) is 16.3. The van der Waals surface area contributed by atoms with E-state index in [1.165, 1.54) is 30.3 Å². The molecule has 0 amide bonds. The van der Waals surface area contributed by atoms with Crippen molar-refractivity contribution in [2.75, 3.05) is 18.0 Å². The molecule has 5 rings (SSSR count). The molecule has 0 radical (unpaired) electrons. The van der Waals surface area contributed by atoms with Crippen LogP contribution in [0.3, 0.4) is 0 Å². The highest BCUT2D eigenvalue weighted by molar-refractivity contribution is 5.96. The van der Waals surface area contributed by atoms with Gasteiger partial charge in [0.25, 0.3) is 0 Å². The Morgan fingerprint density at radius 2 is 1.71 bits per heavy atom. The minimum Gasteiger partial charge on any atom is -0.341 e. The van der Waals surface area contributed by atoms with Crippen molar-refractivity contribution < 1.29 is 22.0 Å². The minimum absolute atomic E-state index is 0.0182. The molecule has 2 N–H and O–H groups in total. The molecule has 1 aliphatic rings. The largest absolute Gasteiger partial charge is 0.417 e. The van der Waals surface area contributed by atoms with E-state index in [0.717, 1.165) is 43.5 Å². The summed E-state index contributed by atoms with van der Waals surface area (Å²) in [4.78, 5) is 11.3. The van der Waals surface area contributed by atoms with Crippen LogP contribution < -0.4 is 10.6 Å². The number of fused-ring (bicyclic) bond motifs is 1. The third-order valence-corrected chi connectivity index (χ3v) is 6.71. The van der Waals surface area contributed by atoms with Crippen molar-refractivity contribution in [2.24, 2.45) is 5.73 Å². The van der Waals surface area contributed by atoms with Crippen molar-refractivity contribution >= 4 is 16.9 Å². The smallest absolute Gasteiger partial charge is 0.341 e. The Hall–Kier alpha value is -4.10. The average Bonchev–Trinajstić information content (AvgIpc) is 3.11. The van der Waals surface area contributed by atoms with Crippen LogP contribution in [0.15, 0.2) is 54.6 Å². The van der Waals surface area contributed by atoms with E-state index < -0.39 is 28.9 Å². The molecule has 0 bridgehead atoms. The highest BCUT2D eigenvalue weighted by atomic mass is 19.4. The standard InChI is InChI=1S/C28H22F5N5/c29-22-5-1-4-21(28(31,32)33)25(22)16-8-9-24-20(13-16)26(17-6-7-18(15-34)23(30)14-17)37-27(36-24)38-11-2-3-19(35)10-12-38/h1,4-9,13-14,19H,2-3,10-12,35H2/t19-/m0/s1. The van der Waals surface area contributed by atoms with E-state index in [1.807, 2.05) is 4.90 Å². The van der Waals surface area contributed by atoms with E-state index in [-0.39, 0.29) is 22.9 Å². The number of benzene rings is 3. The lowest BCUT2D eigenvalue weighted by atomic mass is 9.95. The van der Waals surface area contributed by atoms with Gasteiger partial charge in [0, 0.05) is 35.6 Å². The van der Waals surface area contributed by atoms with Crippen LogP contribution in [0.25, 0.3) is 33.3 Å². The molecule has 1 fully saturated rings. The Morgan fingerprint density at radius 3 is 2.45 bits per heavy atom. The summed E-state index contributed by atoms with van der Waals surface area (Å²) in [6, 6.07) is 12.9. The molecule has 4 aromatic rings. The number of rotatable bonds is 3. The van der Waals surface area contributed by atoms with Crippen LogP contribution in [-0.2, 0) is 6.18 Å². The molecule has 5 nitrogen and oxygen atoms in total. The summed E-state index contributed by atoms with van der Waals surface area (Å²) in [7, 11) is 0. The number of anilines is 1. The molecule has 1 aromatic heterocycles. The number of hydrogen-bond acceptors (Lipinski definition) is 5. The van der Waals surface area contributed by atoms with Crippen LogP contribution in [0.5, 0.6) is 0 Å². The van der Waals surface area contributed by atoms with Gasteiger partial charge >= 0.3 is 6.18 Å². The second-order valence-corrected chi connectivity index (χ2v) is 9.25. The van der Waals surface area contributed by atoms with Gasteiger partial charge in [-0.05, 0) is 61.2 Å². The van der Waals surface area contributed by atoms with Crippen molar-refractivity contribution in [3.05, 3.63) is 77.4 Å². The number of hydrogen-bond donors (Lipinski definition) is 1. The highest BCUT2D eigenvalue weighted by Gasteiger charge is 2.35. The van der Waals surface area contributed by atoms with E-state index in [0.29, 0.717) is 35.5 Å². The molecular formula is C28H22F5N5. The number of halogens is 5. The van der Waals surface area contributed by atoms with Gasteiger partial charge in [-0.2, -0.15) is 18.4 Å². The maximum Gasteiger partial charge on any atom is 0.417 e. The first-order valence-electron chi connectivity index (χ1n) is 12.0. The van der Waals surface area contributed by atoms with Gasteiger partial charge in [-0.1, -0.05) is 18.2 Å². The Kier molecular flexibility index (Phi) is 6.71. The van der Waals surface area contributed by atoms with Gasteiger partial charge in [0.1, 0.15) is 17.7 Å². The molecule has 10 heteroatoms. The lowest BCUT2D eigenvalue weighted by Gasteiger charge is -2.22. The molecule has 0 saturated carbocycles. The summed E-state index contributed by atoms with van der Waals surface area (Å²) in [6.07, 6.45) is -2.37. The number of aromatic nitrogens is 2. The van der Waals surface area contributed by atoms with Gasteiger partial charge in [0.15, 0.2) is 0 Å². The molecule has 1 aliphatic heterocycles. The fraction of sp³-hybridized carbons (Fsp3) is 0.250. The van der Waals surface area contributed by atoms with Gasteiger partial charge in [-0.25, -0.2) is 18.7 Å². The van der Waals surface area contributed by atoms with Gasteiger partial charge in [-0.15, -0.1) is 0 Å². The van der Waals surface area contributed by atoms with E-state index in [4.69, 9.17) is 16.0 Å². The SMILES string of the molecule is N#Cc1ccc(-c2nc(N3CCC[C@H](N)CC3)nc3ccc(-c4c(F)cccc4C(F)(F)F)cc23)cc1F. The second kappa shape index (κ2) is 9.99. The molecule has 3 aromatic carbocycles. The molecule has 0 unspecified atom stereocenters. The van der Waals surface area contributed by atoms with E-state index in [2.05, 4.69) is 4.98 Å². The molecule has 194 valence electrons. The van der Waals surface area contributed by atoms with E-state index >= 15 is 0 Å².